The maximum absolute atomic E-state index is 12.4. The van der Waals surface area contributed by atoms with Gasteiger partial charge in [-0.25, -0.2) is 14.8 Å². The Kier molecular flexibility index (Phi) is 4.88. The zero-order valence-corrected chi connectivity index (χ0v) is 14.8. The van der Waals surface area contributed by atoms with E-state index in [2.05, 4.69) is 20.6 Å². The van der Waals surface area contributed by atoms with Gasteiger partial charge in [0.1, 0.15) is 15.8 Å². The van der Waals surface area contributed by atoms with Crippen LogP contribution in [-0.2, 0) is 6.42 Å². The predicted octanol–water partition coefficient (Wildman–Crippen LogP) is 4.42. The molecule has 1 aliphatic rings. The molecule has 0 saturated heterocycles. The van der Waals surface area contributed by atoms with Crippen molar-refractivity contribution in [2.75, 3.05) is 5.32 Å². The monoisotopic (exact) mass is 366 g/mol. The van der Waals surface area contributed by atoms with E-state index in [1.807, 2.05) is 30.3 Å². The van der Waals surface area contributed by atoms with Crippen molar-refractivity contribution in [3.8, 4) is 0 Å². The first kappa shape index (κ1) is 16.7. The van der Waals surface area contributed by atoms with Crippen LogP contribution in [0.25, 0.3) is 0 Å². The number of amides is 2. The molecule has 0 spiro atoms. The van der Waals surface area contributed by atoms with Gasteiger partial charge in [-0.15, -0.1) is 0 Å². The second-order valence-corrected chi connectivity index (χ2v) is 7.04. The molecule has 6 nitrogen and oxygen atoms in total. The van der Waals surface area contributed by atoms with Gasteiger partial charge in [-0.3, -0.25) is 0 Å². The topological polar surface area (TPSA) is 80.0 Å². The third-order valence-corrected chi connectivity index (χ3v) is 5.08. The minimum atomic E-state index is -0.232. The van der Waals surface area contributed by atoms with Gasteiger partial charge in [0.2, 0.25) is 0 Å². The van der Waals surface area contributed by atoms with Crippen LogP contribution >= 0.6 is 11.8 Å². The van der Waals surface area contributed by atoms with E-state index in [1.54, 1.807) is 24.7 Å². The number of carbonyl (C=O) groups is 1. The first-order valence-electron chi connectivity index (χ1n) is 8.47. The summed E-state index contributed by atoms with van der Waals surface area (Å²) < 4.78 is 5.47. The van der Waals surface area contributed by atoms with Crippen LogP contribution in [0, 0.1) is 0 Å². The van der Waals surface area contributed by atoms with Crippen LogP contribution in [0.1, 0.15) is 30.2 Å². The number of carbonyl (C=O) groups excluding carboxylic acids is 1. The summed E-state index contributed by atoms with van der Waals surface area (Å²) in [4.78, 5) is 21.0. The number of nitrogens with one attached hydrogen (secondary N) is 2. The summed E-state index contributed by atoms with van der Waals surface area (Å²) in [6.45, 7) is 0. The van der Waals surface area contributed by atoms with Gasteiger partial charge in [0.15, 0.2) is 0 Å². The number of urea groups is 1. The van der Waals surface area contributed by atoms with E-state index in [0.717, 1.165) is 40.6 Å². The number of hydrogen-bond acceptors (Lipinski definition) is 5. The van der Waals surface area contributed by atoms with Crippen molar-refractivity contribution in [2.45, 2.75) is 35.4 Å². The van der Waals surface area contributed by atoms with Gasteiger partial charge in [-0.2, -0.15) is 0 Å². The normalized spacial score (nSPS) is 15.9. The van der Waals surface area contributed by atoms with Crippen molar-refractivity contribution in [3.63, 3.8) is 0 Å². The van der Waals surface area contributed by atoms with Crippen molar-refractivity contribution in [1.82, 2.24) is 15.3 Å². The third-order valence-electron chi connectivity index (χ3n) is 4.20. The van der Waals surface area contributed by atoms with Crippen molar-refractivity contribution in [3.05, 3.63) is 66.4 Å². The van der Waals surface area contributed by atoms with Gasteiger partial charge in [0.05, 0.1) is 12.3 Å². The predicted molar refractivity (Wildman–Crippen MR) is 99.1 cm³/mol. The molecule has 3 aromatic rings. The number of rotatable bonds is 4. The van der Waals surface area contributed by atoms with E-state index >= 15 is 0 Å². The molecule has 1 aliphatic carbocycles. The molecule has 7 heteroatoms. The highest BCUT2D eigenvalue weighted by atomic mass is 32.2. The number of aryl methyl sites for hydroxylation is 1. The lowest BCUT2D eigenvalue weighted by Gasteiger charge is -2.22. The zero-order valence-electron chi connectivity index (χ0n) is 14.0. The van der Waals surface area contributed by atoms with E-state index in [4.69, 9.17) is 4.42 Å². The Morgan fingerprint density at radius 2 is 2.08 bits per heavy atom. The van der Waals surface area contributed by atoms with Gasteiger partial charge in [0, 0.05) is 30.1 Å². The zero-order chi connectivity index (χ0) is 17.8. The van der Waals surface area contributed by atoms with Gasteiger partial charge in [-0.05, 0) is 43.2 Å². The van der Waals surface area contributed by atoms with Gasteiger partial charge >= 0.3 is 6.03 Å². The molecule has 132 valence electrons. The quantitative estimate of drug-likeness (QED) is 0.714. The van der Waals surface area contributed by atoms with Crippen LogP contribution in [-0.4, -0.2) is 16.0 Å². The number of pyridine rings is 2. The van der Waals surface area contributed by atoms with E-state index in [9.17, 15) is 4.79 Å². The third kappa shape index (κ3) is 3.88. The molecule has 0 aliphatic heterocycles. The molecule has 26 heavy (non-hydrogen) atoms. The Morgan fingerprint density at radius 1 is 1.15 bits per heavy atom. The highest BCUT2D eigenvalue weighted by molar-refractivity contribution is 7.99. The summed E-state index contributed by atoms with van der Waals surface area (Å²) in [6.07, 6.45) is 7.96. The van der Waals surface area contributed by atoms with E-state index < -0.39 is 0 Å². The second-order valence-electron chi connectivity index (χ2n) is 6.00. The van der Waals surface area contributed by atoms with Crippen LogP contribution in [0.15, 0.2) is 69.5 Å². The molecule has 3 aromatic heterocycles. The molecular weight excluding hydrogens is 348 g/mol. The molecule has 2 amide bonds. The van der Waals surface area contributed by atoms with Gasteiger partial charge in [0.25, 0.3) is 0 Å². The summed E-state index contributed by atoms with van der Waals surface area (Å²) in [5, 5.41) is 7.55. The van der Waals surface area contributed by atoms with Crippen molar-refractivity contribution in [1.29, 1.82) is 0 Å². The fourth-order valence-corrected chi connectivity index (χ4v) is 3.79. The van der Waals surface area contributed by atoms with Gasteiger partial charge in [-0.1, -0.05) is 17.8 Å². The second kappa shape index (κ2) is 7.61. The Labute approximate surface area is 155 Å². The number of nitrogens with zero attached hydrogens (tertiary/aromatic N) is 2. The summed E-state index contributed by atoms with van der Waals surface area (Å²) in [5.74, 6) is 0.972. The molecule has 4 rings (SSSR count). The Morgan fingerprint density at radius 3 is 2.96 bits per heavy atom. The molecule has 2 N–H and O–H groups in total. The van der Waals surface area contributed by atoms with Crippen molar-refractivity contribution in [2.24, 2.45) is 0 Å². The van der Waals surface area contributed by atoms with Crippen LogP contribution in [0.2, 0.25) is 0 Å². The number of hydrogen-bond donors (Lipinski definition) is 2. The molecule has 0 saturated carbocycles. The average Bonchev–Trinajstić information content (AvgIpc) is 3.13. The fourth-order valence-electron chi connectivity index (χ4n) is 3.02. The average molecular weight is 366 g/mol. The highest BCUT2D eigenvalue weighted by Gasteiger charge is 2.24. The Hall–Kier alpha value is -2.80. The highest BCUT2D eigenvalue weighted by Crippen LogP contribution is 2.30. The van der Waals surface area contributed by atoms with E-state index in [0.29, 0.717) is 5.69 Å². The lowest BCUT2D eigenvalue weighted by molar-refractivity contribution is 0.246. The van der Waals surface area contributed by atoms with Crippen molar-refractivity contribution < 1.29 is 9.21 Å². The van der Waals surface area contributed by atoms with Crippen LogP contribution < -0.4 is 10.6 Å². The smallest absolute Gasteiger partial charge is 0.319 e. The number of furan rings is 1. The standard InChI is InChI=1S/C19H18N4O2S/c24-19(23-15-4-3-5-16-14(15)8-11-25-16)22-13-7-10-21-18(12-13)26-17-6-1-2-9-20-17/h1-2,6-12,15H,3-5H2,(H2,21,22,23,24). The summed E-state index contributed by atoms with van der Waals surface area (Å²) in [7, 11) is 0. The lowest BCUT2D eigenvalue weighted by atomic mass is 9.93. The van der Waals surface area contributed by atoms with E-state index in [-0.39, 0.29) is 12.1 Å². The summed E-state index contributed by atoms with van der Waals surface area (Å²) >= 11 is 1.45. The minimum absolute atomic E-state index is 0.0123. The molecule has 1 unspecified atom stereocenters. The molecule has 0 fully saturated rings. The lowest BCUT2D eigenvalue weighted by Crippen LogP contribution is -2.34. The molecule has 3 heterocycles. The van der Waals surface area contributed by atoms with Gasteiger partial charge < -0.3 is 15.1 Å². The SMILES string of the molecule is O=C(Nc1ccnc(Sc2ccccn2)c1)NC1CCCc2occc21. The van der Waals surface area contributed by atoms with Crippen LogP contribution in [0.5, 0.6) is 0 Å². The Balaban J connectivity index is 1.40. The van der Waals surface area contributed by atoms with Crippen molar-refractivity contribution >= 4 is 23.5 Å². The first-order valence-corrected chi connectivity index (χ1v) is 9.28. The largest absolute Gasteiger partial charge is 0.469 e. The van der Waals surface area contributed by atoms with E-state index in [1.165, 1.54) is 11.8 Å². The molecular formula is C19H18N4O2S. The summed E-state index contributed by atoms with van der Waals surface area (Å²) in [5.41, 5.74) is 1.77. The summed E-state index contributed by atoms with van der Waals surface area (Å²) in [6, 6.07) is 11.0. The number of anilines is 1. The first-order chi connectivity index (χ1) is 12.8. The Bertz CT molecular complexity index is 897. The van der Waals surface area contributed by atoms with Crippen LogP contribution in [0.4, 0.5) is 10.5 Å². The number of aromatic nitrogens is 2. The number of fused-ring (bicyclic) bond motifs is 1. The maximum Gasteiger partial charge on any atom is 0.319 e. The molecule has 0 radical (unpaired) electrons. The fraction of sp³-hybridized carbons (Fsp3) is 0.211. The molecule has 0 bridgehead atoms. The molecule has 0 aromatic carbocycles. The van der Waals surface area contributed by atoms with Crippen LogP contribution in [0.3, 0.4) is 0 Å². The minimum Gasteiger partial charge on any atom is -0.469 e. The maximum atomic E-state index is 12.4. The molecule has 1 atom stereocenters.